The first-order valence-corrected chi connectivity index (χ1v) is 11.9. The number of hydrogen-bond donors (Lipinski definition) is 1. The second-order valence-corrected chi connectivity index (χ2v) is 9.63. The molecule has 0 bridgehead atoms. The summed E-state index contributed by atoms with van der Waals surface area (Å²) in [5.41, 5.74) is 0.166. The first-order chi connectivity index (χ1) is 14.7. The number of hydrogen-bond acceptors (Lipinski definition) is 6. The quantitative estimate of drug-likeness (QED) is 0.540. The number of carbonyl (C=O) groups is 1. The topological polar surface area (TPSA) is 90.9 Å². The molecule has 1 aliphatic rings. The van der Waals surface area contributed by atoms with Crippen LogP contribution in [0.4, 0.5) is 0 Å². The Labute approximate surface area is 191 Å². The van der Waals surface area contributed by atoms with Crippen molar-refractivity contribution in [1.82, 2.24) is 4.72 Å². The standard InChI is InChI=1S/C21H23Cl2NO6S/c1-28-18-9-8-15(12-19(18)31(26,27)24-14-6-4-3-5-7-14)30-20-16(22)10-13(11-17(20)23)21(25)29-2/h8-12,14,24H,3-7H2,1-2H3. The van der Waals surface area contributed by atoms with E-state index in [-0.39, 0.29) is 43.8 Å². The number of rotatable bonds is 7. The van der Waals surface area contributed by atoms with Gasteiger partial charge in [-0.3, -0.25) is 0 Å². The fraction of sp³-hybridized carbons (Fsp3) is 0.381. The Morgan fingerprint density at radius 2 is 1.68 bits per heavy atom. The van der Waals surface area contributed by atoms with Gasteiger partial charge < -0.3 is 14.2 Å². The van der Waals surface area contributed by atoms with Gasteiger partial charge in [0.2, 0.25) is 10.0 Å². The first-order valence-electron chi connectivity index (χ1n) is 9.70. The molecular formula is C21H23Cl2NO6S. The van der Waals surface area contributed by atoms with Gasteiger partial charge in [0.15, 0.2) is 5.75 Å². The van der Waals surface area contributed by atoms with Gasteiger partial charge in [0, 0.05) is 12.1 Å². The van der Waals surface area contributed by atoms with Crippen LogP contribution in [0.15, 0.2) is 35.2 Å². The molecule has 0 amide bonds. The lowest BCUT2D eigenvalue weighted by Gasteiger charge is -2.23. The zero-order valence-corrected chi connectivity index (χ0v) is 19.4. The monoisotopic (exact) mass is 487 g/mol. The molecule has 0 unspecified atom stereocenters. The molecule has 1 saturated carbocycles. The van der Waals surface area contributed by atoms with E-state index in [2.05, 4.69) is 9.46 Å². The molecule has 1 aliphatic carbocycles. The van der Waals surface area contributed by atoms with E-state index in [0.717, 1.165) is 32.1 Å². The third-order valence-electron chi connectivity index (χ3n) is 4.99. The van der Waals surface area contributed by atoms with Crippen molar-refractivity contribution >= 4 is 39.2 Å². The molecule has 2 aromatic rings. The van der Waals surface area contributed by atoms with Crippen LogP contribution in [0.3, 0.4) is 0 Å². The Balaban J connectivity index is 1.91. The van der Waals surface area contributed by atoms with Crippen LogP contribution >= 0.6 is 23.2 Å². The molecule has 2 aromatic carbocycles. The molecule has 3 rings (SSSR count). The van der Waals surface area contributed by atoms with Gasteiger partial charge in [0.05, 0.1) is 29.8 Å². The van der Waals surface area contributed by atoms with Crippen molar-refractivity contribution in [2.45, 2.75) is 43.0 Å². The van der Waals surface area contributed by atoms with Gasteiger partial charge in [-0.15, -0.1) is 0 Å². The van der Waals surface area contributed by atoms with Crippen molar-refractivity contribution in [3.8, 4) is 17.2 Å². The Hall–Kier alpha value is -2.00. The maximum atomic E-state index is 13.0. The second kappa shape index (κ2) is 10.1. The number of sulfonamides is 1. The third kappa shape index (κ3) is 5.63. The van der Waals surface area contributed by atoms with Gasteiger partial charge in [-0.2, -0.15) is 0 Å². The van der Waals surface area contributed by atoms with Gasteiger partial charge in [-0.25, -0.2) is 17.9 Å². The van der Waals surface area contributed by atoms with E-state index in [4.69, 9.17) is 32.7 Å². The van der Waals surface area contributed by atoms with Crippen LogP contribution in [0.5, 0.6) is 17.2 Å². The molecule has 31 heavy (non-hydrogen) atoms. The normalized spacial score (nSPS) is 14.8. The largest absolute Gasteiger partial charge is 0.495 e. The van der Waals surface area contributed by atoms with Crippen LogP contribution in [-0.2, 0) is 14.8 Å². The third-order valence-corrected chi connectivity index (χ3v) is 7.09. The predicted molar refractivity (Wildman–Crippen MR) is 118 cm³/mol. The fourth-order valence-electron chi connectivity index (χ4n) is 3.44. The van der Waals surface area contributed by atoms with Gasteiger partial charge in [-0.1, -0.05) is 42.5 Å². The molecule has 1 N–H and O–H groups in total. The van der Waals surface area contributed by atoms with Crippen molar-refractivity contribution in [1.29, 1.82) is 0 Å². The highest BCUT2D eigenvalue weighted by Gasteiger charge is 2.26. The first kappa shape index (κ1) is 23.7. The fourth-order valence-corrected chi connectivity index (χ4v) is 5.50. The highest BCUT2D eigenvalue weighted by Crippen LogP contribution is 2.39. The van der Waals surface area contributed by atoms with Crippen molar-refractivity contribution in [3.05, 3.63) is 45.9 Å². The maximum Gasteiger partial charge on any atom is 0.337 e. The molecule has 0 aliphatic heterocycles. The average molecular weight is 488 g/mol. The van der Waals surface area contributed by atoms with Crippen LogP contribution in [0, 0.1) is 0 Å². The number of halogens is 2. The molecule has 168 valence electrons. The SMILES string of the molecule is COC(=O)c1cc(Cl)c(Oc2ccc(OC)c(S(=O)(=O)NC3CCCCC3)c2)c(Cl)c1. The zero-order valence-electron chi connectivity index (χ0n) is 17.1. The smallest absolute Gasteiger partial charge is 0.337 e. The van der Waals surface area contributed by atoms with Crippen molar-refractivity contribution in [2.24, 2.45) is 0 Å². The molecule has 0 heterocycles. The average Bonchev–Trinajstić information content (AvgIpc) is 2.75. The van der Waals surface area contributed by atoms with E-state index < -0.39 is 16.0 Å². The van der Waals surface area contributed by atoms with E-state index in [1.807, 2.05) is 0 Å². The predicted octanol–water partition coefficient (Wildman–Crippen LogP) is 5.19. The Morgan fingerprint density at radius 1 is 1.03 bits per heavy atom. The summed E-state index contributed by atoms with van der Waals surface area (Å²) in [4.78, 5) is 11.7. The summed E-state index contributed by atoms with van der Waals surface area (Å²) in [6, 6.07) is 7.00. The molecule has 0 atom stereocenters. The second-order valence-electron chi connectivity index (χ2n) is 7.13. The summed E-state index contributed by atoms with van der Waals surface area (Å²) in [5, 5.41) is 0.155. The van der Waals surface area contributed by atoms with Crippen molar-refractivity contribution in [3.63, 3.8) is 0 Å². The highest BCUT2D eigenvalue weighted by atomic mass is 35.5. The summed E-state index contributed by atoms with van der Waals surface area (Å²) in [6.45, 7) is 0. The Morgan fingerprint density at radius 3 is 2.26 bits per heavy atom. The molecule has 0 radical (unpaired) electrons. The molecule has 0 aromatic heterocycles. The van der Waals surface area contributed by atoms with Gasteiger partial charge in [0.1, 0.15) is 16.4 Å². The van der Waals surface area contributed by atoms with E-state index in [1.54, 1.807) is 6.07 Å². The van der Waals surface area contributed by atoms with Crippen LogP contribution in [0.1, 0.15) is 42.5 Å². The summed E-state index contributed by atoms with van der Waals surface area (Å²) in [6.07, 6.45) is 4.70. The van der Waals surface area contributed by atoms with Gasteiger partial charge >= 0.3 is 5.97 Å². The minimum absolute atomic E-state index is 0.0449. The van der Waals surface area contributed by atoms with Crippen molar-refractivity contribution in [2.75, 3.05) is 14.2 Å². The van der Waals surface area contributed by atoms with Crippen molar-refractivity contribution < 1.29 is 27.4 Å². The number of ether oxygens (including phenoxy) is 3. The van der Waals surface area contributed by atoms with Gasteiger partial charge in [0.25, 0.3) is 0 Å². The maximum absolute atomic E-state index is 13.0. The Bertz CT molecular complexity index is 1040. The van der Waals surface area contributed by atoms with Crippen LogP contribution in [-0.4, -0.2) is 34.6 Å². The lowest BCUT2D eigenvalue weighted by atomic mass is 9.96. The highest BCUT2D eigenvalue weighted by molar-refractivity contribution is 7.89. The molecule has 0 saturated heterocycles. The van der Waals surface area contributed by atoms with Gasteiger partial charge in [-0.05, 0) is 37.1 Å². The summed E-state index contributed by atoms with van der Waals surface area (Å²) >= 11 is 12.5. The number of methoxy groups -OCH3 is 2. The minimum atomic E-state index is -3.84. The molecule has 0 spiro atoms. The molecule has 1 fully saturated rings. The van der Waals surface area contributed by atoms with E-state index in [0.29, 0.717) is 0 Å². The number of benzene rings is 2. The number of carbonyl (C=O) groups excluding carboxylic acids is 1. The van der Waals surface area contributed by atoms with E-state index in [1.165, 1.54) is 38.5 Å². The zero-order chi connectivity index (χ0) is 22.6. The van der Waals surface area contributed by atoms with Crippen LogP contribution in [0.25, 0.3) is 0 Å². The van der Waals surface area contributed by atoms with Crippen LogP contribution in [0.2, 0.25) is 10.0 Å². The lowest BCUT2D eigenvalue weighted by molar-refractivity contribution is 0.0600. The summed E-state index contributed by atoms with van der Waals surface area (Å²) in [5.74, 6) is -0.125. The molecule has 10 heteroatoms. The summed E-state index contributed by atoms with van der Waals surface area (Å²) < 4.78 is 44.5. The van der Waals surface area contributed by atoms with E-state index in [9.17, 15) is 13.2 Å². The molecular weight excluding hydrogens is 465 g/mol. The number of nitrogens with one attached hydrogen (secondary N) is 1. The minimum Gasteiger partial charge on any atom is -0.495 e. The molecule has 7 nitrogen and oxygen atoms in total. The summed E-state index contributed by atoms with van der Waals surface area (Å²) in [7, 11) is -1.20. The van der Waals surface area contributed by atoms with E-state index >= 15 is 0 Å². The number of esters is 1. The Kier molecular flexibility index (Phi) is 7.69. The lowest BCUT2D eigenvalue weighted by Crippen LogP contribution is -2.36. The van der Waals surface area contributed by atoms with Crippen LogP contribution < -0.4 is 14.2 Å².